The maximum absolute atomic E-state index is 6.52. The Morgan fingerprint density at radius 3 is 2.65 bits per heavy atom. The van der Waals surface area contributed by atoms with Crippen LogP contribution < -0.4 is 15.4 Å². The van der Waals surface area contributed by atoms with Gasteiger partial charge in [-0.05, 0) is 54.9 Å². The molecule has 1 aliphatic heterocycles. The molecule has 1 fully saturated rings. The number of fused-ring (bicyclic) bond motifs is 1. The zero-order chi connectivity index (χ0) is 25.6. The molecule has 9 nitrogen and oxygen atoms in total. The molecule has 5 aromatic rings. The Balaban J connectivity index is 1.19. The summed E-state index contributed by atoms with van der Waals surface area (Å²) in [6, 6.07) is 11.6. The first-order valence-corrected chi connectivity index (χ1v) is 13.2. The third-order valence-electron chi connectivity index (χ3n) is 6.40. The highest BCUT2D eigenvalue weighted by Gasteiger charge is 2.40. The molecule has 37 heavy (non-hydrogen) atoms. The normalized spacial score (nSPS) is 15.5. The molecule has 1 aromatic carbocycles. The SMILES string of the molecule is C[C@@H](Oc1ccc2[nH]nc(-c3ccc(N4CC(N)(Cc5ccsn5)C4)nn3)c2c1)c1c(Cl)cncc1Cl. The molecule has 0 aliphatic carbocycles. The summed E-state index contributed by atoms with van der Waals surface area (Å²) < 4.78 is 10.5. The molecule has 0 amide bonds. The number of nitrogens with one attached hydrogen (secondary N) is 1. The second-order valence-corrected chi connectivity index (χ2v) is 10.7. The Hall–Kier alpha value is -3.31. The van der Waals surface area contributed by atoms with Gasteiger partial charge in [-0.3, -0.25) is 10.1 Å². The van der Waals surface area contributed by atoms with Crippen molar-refractivity contribution in [3.05, 3.63) is 75.5 Å². The van der Waals surface area contributed by atoms with E-state index in [1.165, 1.54) is 11.5 Å². The number of hydrogen-bond acceptors (Lipinski definition) is 9. The summed E-state index contributed by atoms with van der Waals surface area (Å²) in [5.41, 5.74) is 10.1. The van der Waals surface area contributed by atoms with E-state index >= 15 is 0 Å². The third-order valence-corrected chi connectivity index (χ3v) is 7.60. The molecule has 5 heterocycles. The van der Waals surface area contributed by atoms with Gasteiger partial charge in [-0.1, -0.05) is 23.2 Å². The van der Waals surface area contributed by atoms with Crippen molar-refractivity contribution in [1.29, 1.82) is 0 Å². The van der Waals surface area contributed by atoms with Gasteiger partial charge in [-0.25, -0.2) is 0 Å². The quantitative estimate of drug-likeness (QED) is 0.287. The molecule has 0 bridgehead atoms. The van der Waals surface area contributed by atoms with E-state index in [1.54, 1.807) is 12.4 Å². The first-order chi connectivity index (χ1) is 17.9. The van der Waals surface area contributed by atoms with Crippen molar-refractivity contribution in [2.24, 2.45) is 5.73 Å². The summed E-state index contributed by atoms with van der Waals surface area (Å²) in [5, 5.41) is 20.2. The molecule has 3 N–H and O–H groups in total. The summed E-state index contributed by atoms with van der Waals surface area (Å²) in [6.07, 6.45) is 3.48. The zero-order valence-corrected chi connectivity index (χ0v) is 22.1. The van der Waals surface area contributed by atoms with Gasteiger partial charge in [0.2, 0.25) is 0 Å². The number of benzene rings is 1. The lowest BCUT2D eigenvalue weighted by molar-refractivity contribution is 0.227. The van der Waals surface area contributed by atoms with Gasteiger partial charge in [0.15, 0.2) is 5.82 Å². The Labute approximate surface area is 226 Å². The van der Waals surface area contributed by atoms with E-state index < -0.39 is 0 Å². The van der Waals surface area contributed by atoms with Gasteiger partial charge in [0.05, 0.1) is 26.8 Å². The molecule has 0 spiro atoms. The molecule has 12 heteroatoms. The topological polar surface area (TPSA) is 119 Å². The van der Waals surface area contributed by atoms with Crippen LogP contribution in [0.5, 0.6) is 5.75 Å². The zero-order valence-electron chi connectivity index (χ0n) is 19.7. The summed E-state index contributed by atoms with van der Waals surface area (Å²) in [4.78, 5) is 6.12. The molecule has 1 saturated heterocycles. The van der Waals surface area contributed by atoms with Gasteiger partial charge in [-0.2, -0.15) is 9.47 Å². The highest BCUT2D eigenvalue weighted by Crippen LogP contribution is 2.35. The molecule has 0 saturated carbocycles. The van der Waals surface area contributed by atoms with Gasteiger partial charge in [0, 0.05) is 48.2 Å². The van der Waals surface area contributed by atoms with Crippen molar-refractivity contribution in [3.8, 4) is 17.1 Å². The first-order valence-electron chi connectivity index (χ1n) is 11.6. The lowest BCUT2D eigenvalue weighted by Crippen LogP contribution is -2.69. The maximum atomic E-state index is 6.52. The maximum Gasteiger partial charge on any atom is 0.151 e. The molecule has 0 unspecified atom stereocenters. The fourth-order valence-electron chi connectivity index (χ4n) is 4.63. The number of nitrogens with two attached hydrogens (primary N) is 1. The second kappa shape index (κ2) is 9.53. The van der Waals surface area contributed by atoms with Gasteiger partial charge in [0.1, 0.15) is 23.2 Å². The van der Waals surface area contributed by atoms with E-state index in [0.29, 0.717) is 45.8 Å². The van der Waals surface area contributed by atoms with Gasteiger partial charge >= 0.3 is 0 Å². The van der Waals surface area contributed by atoms with Crippen LogP contribution >= 0.6 is 34.7 Å². The number of nitrogens with zero attached hydrogens (tertiary/aromatic N) is 6. The minimum atomic E-state index is -0.378. The molecule has 4 aromatic heterocycles. The van der Waals surface area contributed by atoms with E-state index in [2.05, 4.69) is 34.7 Å². The number of hydrogen-bond donors (Lipinski definition) is 2. The van der Waals surface area contributed by atoms with Crippen LogP contribution in [-0.2, 0) is 6.42 Å². The highest BCUT2D eigenvalue weighted by atomic mass is 35.5. The van der Waals surface area contributed by atoms with E-state index in [1.807, 2.05) is 48.7 Å². The summed E-state index contributed by atoms with van der Waals surface area (Å²) in [7, 11) is 0. The summed E-state index contributed by atoms with van der Waals surface area (Å²) in [5.74, 6) is 1.43. The predicted octanol–water partition coefficient (Wildman–Crippen LogP) is 5.08. The largest absolute Gasteiger partial charge is 0.486 e. The van der Waals surface area contributed by atoms with Crippen molar-refractivity contribution in [2.45, 2.75) is 25.0 Å². The molecule has 6 rings (SSSR count). The number of aromatic nitrogens is 6. The summed E-state index contributed by atoms with van der Waals surface area (Å²) in [6.45, 7) is 3.29. The Morgan fingerprint density at radius 2 is 1.95 bits per heavy atom. The van der Waals surface area contributed by atoms with Crippen molar-refractivity contribution >= 4 is 51.5 Å². The van der Waals surface area contributed by atoms with E-state index in [4.69, 9.17) is 33.7 Å². The van der Waals surface area contributed by atoms with Crippen LogP contribution in [0.1, 0.15) is 24.3 Å². The molecular weight excluding hydrogens is 531 g/mol. The van der Waals surface area contributed by atoms with Gasteiger partial charge in [0.25, 0.3) is 0 Å². The number of halogens is 2. The Morgan fingerprint density at radius 1 is 1.14 bits per heavy atom. The first kappa shape index (κ1) is 24.1. The average molecular weight is 553 g/mol. The van der Waals surface area contributed by atoms with Crippen molar-refractivity contribution in [1.82, 2.24) is 29.8 Å². The van der Waals surface area contributed by atoms with E-state index in [9.17, 15) is 0 Å². The fraction of sp³-hybridized carbons (Fsp3) is 0.240. The van der Waals surface area contributed by atoms with Gasteiger partial charge in [-0.15, -0.1) is 10.2 Å². The predicted molar refractivity (Wildman–Crippen MR) is 145 cm³/mol. The van der Waals surface area contributed by atoms with Crippen LogP contribution in [0.25, 0.3) is 22.3 Å². The number of pyridine rings is 1. The van der Waals surface area contributed by atoms with Crippen LogP contribution in [0.4, 0.5) is 5.82 Å². The Kier molecular flexibility index (Phi) is 6.20. The van der Waals surface area contributed by atoms with Crippen LogP contribution in [0, 0.1) is 0 Å². The van der Waals surface area contributed by atoms with E-state index in [-0.39, 0.29) is 11.6 Å². The summed E-state index contributed by atoms with van der Waals surface area (Å²) >= 11 is 14.0. The minimum absolute atomic E-state index is 0.301. The molecular formula is C25H22Cl2N8OS. The number of aromatic amines is 1. The van der Waals surface area contributed by atoms with Gasteiger partial charge < -0.3 is 15.4 Å². The lowest BCUT2D eigenvalue weighted by atomic mass is 9.86. The minimum Gasteiger partial charge on any atom is -0.486 e. The molecule has 188 valence electrons. The fourth-order valence-corrected chi connectivity index (χ4v) is 5.84. The van der Waals surface area contributed by atoms with Crippen molar-refractivity contribution in [3.63, 3.8) is 0 Å². The van der Waals surface area contributed by atoms with Crippen molar-refractivity contribution in [2.75, 3.05) is 18.0 Å². The monoisotopic (exact) mass is 552 g/mol. The molecule has 1 aliphatic rings. The second-order valence-electron chi connectivity index (χ2n) is 9.22. The number of H-pyrrole nitrogens is 1. The molecule has 0 radical (unpaired) electrons. The van der Waals surface area contributed by atoms with Crippen LogP contribution in [0.3, 0.4) is 0 Å². The standard InChI is InChI=1S/C25H22Cl2N8OS/c1-14(23-18(26)10-29-11-19(23)27)36-16-2-3-20-17(8-16)24(33-30-20)21-4-5-22(32-31-21)35-12-25(28,13-35)9-15-6-7-37-34-15/h2-8,10-11,14H,9,12-13,28H2,1H3,(H,30,33)/t14-/m1/s1. The Bertz CT molecular complexity index is 1530. The van der Waals surface area contributed by atoms with Crippen LogP contribution in [0.15, 0.2) is 54.2 Å². The smallest absolute Gasteiger partial charge is 0.151 e. The van der Waals surface area contributed by atoms with Crippen LogP contribution in [-0.4, -0.2) is 48.4 Å². The third kappa shape index (κ3) is 4.73. The number of ether oxygens (including phenoxy) is 1. The number of rotatable bonds is 7. The number of anilines is 1. The highest BCUT2D eigenvalue weighted by molar-refractivity contribution is 7.03. The average Bonchev–Trinajstić information content (AvgIpc) is 3.52. The molecule has 1 atom stereocenters. The van der Waals surface area contributed by atoms with E-state index in [0.717, 1.165) is 28.8 Å². The van der Waals surface area contributed by atoms with Crippen LogP contribution in [0.2, 0.25) is 10.0 Å². The van der Waals surface area contributed by atoms with Crippen molar-refractivity contribution < 1.29 is 4.74 Å². The lowest BCUT2D eigenvalue weighted by Gasteiger charge is -2.48.